The highest BCUT2D eigenvalue weighted by atomic mass is 16.2. The fourth-order valence-electron chi connectivity index (χ4n) is 13.4. The van der Waals surface area contributed by atoms with Crippen LogP contribution >= 0.6 is 0 Å². The first-order valence-electron chi connectivity index (χ1n) is 27.7. The van der Waals surface area contributed by atoms with Gasteiger partial charge >= 0.3 is 0 Å². The van der Waals surface area contributed by atoms with Crippen molar-refractivity contribution in [2.75, 3.05) is 80.6 Å². The summed E-state index contributed by atoms with van der Waals surface area (Å²) in [6.07, 6.45) is 15.3. The Morgan fingerprint density at radius 1 is 0.781 bits per heavy atom. The molecule has 6 aliphatic heterocycles. The Morgan fingerprint density at radius 2 is 1.52 bits per heavy atom. The number of rotatable bonds is 11. The number of pyridine rings is 2. The van der Waals surface area contributed by atoms with Gasteiger partial charge in [0.25, 0.3) is 0 Å². The number of piperidine rings is 4. The normalized spacial score (nSPS) is 25.6. The molecule has 7 fully saturated rings. The maximum atomic E-state index is 15.3. The molecule has 0 radical (unpaired) electrons. The van der Waals surface area contributed by atoms with Crippen LogP contribution in [0.2, 0.25) is 0 Å². The number of carbonyl (C=O) groups is 5. The molecule has 0 bridgehead atoms. The van der Waals surface area contributed by atoms with Gasteiger partial charge in [0.1, 0.15) is 11.3 Å². The molecule has 1 spiro atoms. The van der Waals surface area contributed by atoms with E-state index in [1.807, 2.05) is 35.2 Å². The molecular formula is C56H72N12O5. The molecule has 1 aromatic carbocycles. The number of benzene rings is 1. The summed E-state index contributed by atoms with van der Waals surface area (Å²) in [5.41, 5.74) is 6.16. The van der Waals surface area contributed by atoms with Crippen molar-refractivity contribution in [1.29, 1.82) is 0 Å². The Balaban J connectivity index is 0.692. The van der Waals surface area contributed by atoms with E-state index in [-0.39, 0.29) is 59.5 Å². The number of fused-ring (bicyclic) bond motifs is 3. The van der Waals surface area contributed by atoms with Gasteiger partial charge < -0.3 is 34.4 Å². The summed E-state index contributed by atoms with van der Waals surface area (Å²) in [5.74, 6) is 1.18. The van der Waals surface area contributed by atoms with Crippen LogP contribution in [-0.2, 0) is 29.4 Å². The first kappa shape index (κ1) is 48.0. The lowest BCUT2D eigenvalue weighted by Crippen LogP contribution is -2.60. The van der Waals surface area contributed by atoms with E-state index in [0.29, 0.717) is 103 Å². The minimum Gasteiger partial charge on any atom is -0.366 e. The Hall–Kier alpha value is -5.94. The predicted molar refractivity (Wildman–Crippen MR) is 279 cm³/mol. The minimum atomic E-state index is -0.645. The van der Waals surface area contributed by atoms with Gasteiger partial charge in [-0.3, -0.25) is 34.2 Å². The molecule has 5 saturated heterocycles. The molecule has 2 atom stereocenters. The lowest BCUT2D eigenvalue weighted by Gasteiger charge is -2.48. The number of anilines is 3. The number of nitrogens with zero attached hydrogens (tertiary/aromatic N) is 10. The zero-order valence-electron chi connectivity index (χ0n) is 42.9. The van der Waals surface area contributed by atoms with Gasteiger partial charge in [-0.2, -0.15) is 0 Å². The lowest BCUT2D eigenvalue weighted by molar-refractivity contribution is -0.145. The van der Waals surface area contributed by atoms with Gasteiger partial charge in [-0.25, -0.2) is 15.0 Å². The molecule has 386 valence electrons. The molecule has 73 heavy (non-hydrogen) atoms. The molecule has 2 aliphatic carbocycles. The van der Waals surface area contributed by atoms with Gasteiger partial charge in [0, 0.05) is 106 Å². The zero-order valence-corrected chi connectivity index (χ0v) is 42.9. The van der Waals surface area contributed by atoms with Crippen molar-refractivity contribution in [2.45, 2.75) is 146 Å². The summed E-state index contributed by atoms with van der Waals surface area (Å²) in [6.45, 7) is 13.4. The second-order valence-electron chi connectivity index (χ2n) is 22.8. The van der Waals surface area contributed by atoms with E-state index in [1.54, 1.807) is 6.20 Å². The molecule has 17 heteroatoms. The van der Waals surface area contributed by atoms with Gasteiger partial charge in [-0.1, -0.05) is 18.6 Å². The van der Waals surface area contributed by atoms with Gasteiger partial charge in [-0.15, -0.1) is 0 Å². The summed E-state index contributed by atoms with van der Waals surface area (Å²) >= 11 is 0. The Kier molecular flexibility index (Phi) is 12.8. The lowest BCUT2D eigenvalue weighted by atomic mass is 9.73. The monoisotopic (exact) mass is 993 g/mol. The number of imide groups is 1. The highest BCUT2D eigenvalue weighted by Crippen LogP contribution is 2.52. The number of hydrogen-bond donors (Lipinski definition) is 2. The van der Waals surface area contributed by atoms with Crippen LogP contribution in [0.3, 0.4) is 0 Å². The third-order valence-electron chi connectivity index (χ3n) is 18.1. The molecule has 4 aromatic rings. The number of amides is 5. The van der Waals surface area contributed by atoms with E-state index in [4.69, 9.17) is 9.97 Å². The molecule has 2 N–H and O–H groups in total. The zero-order chi connectivity index (χ0) is 50.1. The molecule has 2 unspecified atom stereocenters. The average Bonchev–Trinajstić information content (AvgIpc) is 4.07. The number of likely N-dealkylation sites (tertiary alicyclic amines) is 2. The Labute approximate surface area is 428 Å². The molecule has 12 rings (SSSR count). The van der Waals surface area contributed by atoms with Gasteiger partial charge in [0.2, 0.25) is 29.5 Å². The molecule has 17 nitrogen and oxygen atoms in total. The Morgan fingerprint density at radius 3 is 2.23 bits per heavy atom. The summed E-state index contributed by atoms with van der Waals surface area (Å²) < 4.78 is 2.20. The topological polar surface area (TPSA) is 172 Å². The van der Waals surface area contributed by atoms with Crippen molar-refractivity contribution in [3.63, 3.8) is 0 Å². The van der Waals surface area contributed by atoms with Crippen LogP contribution in [0.1, 0.15) is 127 Å². The number of aromatic nitrogens is 4. The predicted octanol–water partition coefficient (Wildman–Crippen LogP) is 5.84. The van der Waals surface area contributed by atoms with Crippen LogP contribution in [-0.4, -0.2) is 158 Å². The third kappa shape index (κ3) is 8.95. The number of imidazole rings is 1. The van der Waals surface area contributed by atoms with Crippen molar-refractivity contribution < 1.29 is 24.0 Å². The van der Waals surface area contributed by atoms with Gasteiger partial charge in [0.05, 0.1) is 34.9 Å². The van der Waals surface area contributed by atoms with Crippen LogP contribution in [0.25, 0.3) is 22.3 Å². The van der Waals surface area contributed by atoms with E-state index >= 15 is 4.79 Å². The summed E-state index contributed by atoms with van der Waals surface area (Å²) in [6, 6.07) is 13.5. The summed E-state index contributed by atoms with van der Waals surface area (Å²) in [7, 11) is 0. The van der Waals surface area contributed by atoms with Crippen molar-refractivity contribution >= 4 is 57.9 Å². The highest BCUT2D eigenvalue weighted by Gasteiger charge is 2.56. The average molecular weight is 993 g/mol. The maximum Gasteiger partial charge on any atom is 0.239 e. The second kappa shape index (κ2) is 19.4. The smallest absolute Gasteiger partial charge is 0.239 e. The van der Waals surface area contributed by atoms with E-state index in [1.165, 1.54) is 19.3 Å². The van der Waals surface area contributed by atoms with Gasteiger partial charge in [-0.05, 0) is 140 Å². The second-order valence-corrected chi connectivity index (χ2v) is 22.8. The first-order valence-corrected chi connectivity index (χ1v) is 27.7. The van der Waals surface area contributed by atoms with E-state index in [2.05, 4.69) is 77.9 Å². The summed E-state index contributed by atoms with van der Waals surface area (Å²) in [4.78, 5) is 95.5. The fourth-order valence-corrected chi connectivity index (χ4v) is 13.4. The molecular weight excluding hydrogens is 921 g/mol. The van der Waals surface area contributed by atoms with Crippen LogP contribution in [0.5, 0.6) is 0 Å². The molecule has 3 aromatic heterocycles. The standard InChI is InChI=1S/C56H72N12O5/c1-35(2)67-34-58-46-33-45(60-51(50(46)67)59-40-8-9-40)39-7-11-44-47(29-39)68(42-31-41(32-42)63-19-5-4-6-20-63)55(73)56(44)16-23-62(24-17-56)36(3)53(71)65-25-27-66(28-26-65)54(72)37-14-21-64(22-15-37)48-30-38(13-18-57-48)43-10-12-49(69)61-52(43)70/h7,11,13,18,29-30,33-37,40-43H,4-6,8-10,12,14-17,19-28,31-32H2,1-3H3,(H,59,60)(H,61,69,70). The SMILES string of the molecule is CC(C(=O)N1CCN(C(=O)C2CCN(c3cc(C4CCC(=O)NC4=O)ccn3)CC2)CC1)N1CCC2(CC1)C(=O)N(C1CC(N3CCCCC3)C1)c1cc(-c3cc4ncn(C(C)C)c4c(NC4CC4)n3)ccc12. The van der Waals surface area contributed by atoms with E-state index in [0.717, 1.165) is 89.5 Å². The van der Waals surface area contributed by atoms with E-state index < -0.39 is 5.41 Å². The molecule has 2 saturated carbocycles. The van der Waals surface area contributed by atoms with Crippen molar-refractivity contribution in [3.8, 4) is 11.3 Å². The fraction of sp³-hybridized carbons (Fsp3) is 0.607. The largest absolute Gasteiger partial charge is 0.366 e. The molecule has 9 heterocycles. The van der Waals surface area contributed by atoms with E-state index in [9.17, 15) is 19.2 Å². The minimum absolute atomic E-state index is 0.0873. The van der Waals surface area contributed by atoms with Crippen molar-refractivity contribution in [2.24, 2.45) is 5.92 Å². The Bertz CT molecular complexity index is 2790. The quantitative estimate of drug-likeness (QED) is 0.172. The first-order chi connectivity index (χ1) is 35.4. The maximum absolute atomic E-state index is 15.3. The van der Waals surface area contributed by atoms with Crippen LogP contribution in [0.15, 0.2) is 48.9 Å². The van der Waals surface area contributed by atoms with Crippen LogP contribution < -0.4 is 20.4 Å². The van der Waals surface area contributed by atoms with Crippen LogP contribution in [0.4, 0.5) is 17.3 Å². The number of nitrogens with one attached hydrogen (secondary N) is 2. The van der Waals surface area contributed by atoms with Crippen molar-refractivity contribution in [1.82, 2.24) is 44.4 Å². The number of hydrogen-bond acceptors (Lipinski definition) is 12. The van der Waals surface area contributed by atoms with Crippen molar-refractivity contribution in [3.05, 3.63) is 60.0 Å². The van der Waals surface area contributed by atoms with Crippen LogP contribution in [0, 0.1) is 5.92 Å². The number of carbonyl (C=O) groups excluding carboxylic acids is 5. The number of piperazine rings is 1. The molecule has 8 aliphatic rings. The summed E-state index contributed by atoms with van der Waals surface area (Å²) in [5, 5.41) is 6.16. The van der Waals surface area contributed by atoms with Gasteiger partial charge in [0.15, 0.2) is 5.82 Å². The highest BCUT2D eigenvalue weighted by molar-refractivity contribution is 6.09. The molecule has 5 amide bonds. The third-order valence-corrected chi connectivity index (χ3v) is 18.1.